The van der Waals surface area contributed by atoms with E-state index in [1.54, 1.807) is 7.11 Å². The lowest BCUT2D eigenvalue weighted by molar-refractivity contribution is -0.146. The first-order valence-electron chi connectivity index (χ1n) is 11.2. The summed E-state index contributed by atoms with van der Waals surface area (Å²) >= 11 is 0. The number of ether oxygens (including phenoxy) is 2. The fourth-order valence-corrected chi connectivity index (χ4v) is 4.77. The lowest BCUT2D eigenvalue weighted by Gasteiger charge is -2.36. The van der Waals surface area contributed by atoms with Gasteiger partial charge < -0.3 is 9.47 Å². The molecule has 1 aliphatic rings. The van der Waals surface area contributed by atoms with Gasteiger partial charge in [0.15, 0.2) is 0 Å². The maximum absolute atomic E-state index is 12.4. The summed E-state index contributed by atoms with van der Waals surface area (Å²) in [5, 5.41) is 0. The Morgan fingerprint density at radius 2 is 1.72 bits per heavy atom. The van der Waals surface area contributed by atoms with Crippen LogP contribution in [-0.2, 0) is 22.6 Å². The summed E-state index contributed by atoms with van der Waals surface area (Å²) in [6, 6.07) is 26.9. The van der Waals surface area contributed by atoms with E-state index in [0.717, 1.165) is 30.7 Å². The van der Waals surface area contributed by atoms with E-state index in [9.17, 15) is 4.79 Å². The van der Waals surface area contributed by atoms with Crippen molar-refractivity contribution in [3.05, 3.63) is 101 Å². The van der Waals surface area contributed by atoms with Crippen LogP contribution in [0.15, 0.2) is 78.9 Å². The van der Waals surface area contributed by atoms with E-state index in [1.807, 2.05) is 37.4 Å². The number of aryl methyl sites for hydroxylation is 1. The van der Waals surface area contributed by atoms with Crippen molar-refractivity contribution in [2.45, 2.75) is 25.4 Å². The number of fused-ring (bicyclic) bond motifs is 1. The number of hydrogen-bond acceptors (Lipinski definition) is 4. The molecule has 2 unspecified atom stereocenters. The molecule has 3 aromatic rings. The van der Waals surface area contributed by atoms with Gasteiger partial charge in [-0.05, 0) is 60.2 Å². The van der Waals surface area contributed by atoms with Gasteiger partial charge in [0.25, 0.3) is 0 Å². The van der Waals surface area contributed by atoms with E-state index >= 15 is 0 Å². The molecule has 3 aromatic carbocycles. The van der Waals surface area contributed by atoms with Gasteiger partial charge in [0.1, 0.15) is 12.4 Å². The molecule has 1 aliphatic carbocycles. The zero-order chi connectivity index (χ0) is 22.3. The molecular weight excluding hydrogens is 398 g/mol. The van der Waals surface area contributed by atoms with Crippen molar-refractivity contribution < 1.29 is 14.3 Å². The lowest BCUT2D eigenvalue weighted by atomic mass is 9.71. The van der Waals surface area contributed by atoms with Crippen LogP contribution in [-0.4, -0.2) is 38.1 Å². The molecule has 0 saturated carbocycles. The van der Waals surface area contributed by atoms with Gasteiger partial charge in [-0.25, -0.2) is 0 Å². The Labute approximate surface area is 190 Å². The second-order valence-electron chi connectivity index (χ2n) is 8.59. The first-order chi connectivity index (χ1) is 15.6. The molecule has 166 valence electrons. The van der Waals surface area contributed by atoms with Gasteiger partial charge in [0.2, 0.25) is 0 Å². The Hall–Kier alpha value is -3.11. The SMILES string of the molecule is COc1ccc2c(c1)CCC(CN(C)CC(=O)OCc1ccccc1)C2c1ccccc1. The Morgan fingerprint density at radius 1 is 1.00 bits per heavy atom. The summed E-state index contributed by atoms with van der Waals surface area (Å²) in [6.07, 6.45) is 2.09. The van der Waals surface area contributed by atoms with Crippen LogP contribution in [0, 0.1) is 5.92 Å². The van der Waals surface area contributed by atoms with Crippen LogP contribution in [0.5, 0.6) is 5.75 Å². The highest BCUT2D eigenvalue weighted by atomic mass is 16.5. The molecule has 0 aliphatic heterocycles. The van der Waals surface area contributed by atoms with Crippen molar-refractivity contribution in [3.8, 4) is 5.75 Å². The second kappa shape index (κ2) is 10.5. The van der Waals surface area contributed by atoms with Crippen LogP contribution in [0.3, 0.4) is 0 Å². The van der Waals surface area contributed by atoms with Gasteiger partial charge in [0, 0.05) is 12.5 Å². The lowest BCUT2D eigenvalue weighted by Crippen LogP contribution is -2.36. The highest BCUT2D eigenvalue weighted by Gasteiger charge is 2.32. The number of rotatable bonds is 8. The van der Waals surface area contributed by atoms with Crippen LogP contribution in [0.25, 0.3) is 0 Å². The minimum absolute atomic E-state index is 0.187. The largest absolute Gasteiger partial charge is 0.497 e. The molecule has 0 heterocycles. The first-order valence-corrected chi connectivity index (χ1v) is 11.2. The summed E-state index contributed by atoms with van der Waals surface area (Å²) < 4.78 is 10.9. The molecule has 0 aromatic heterocycles. The van der Waals surface area contributed by atoms with Gasteiger partial charge in [-0.2, -0.15) is 0 Å². The van der Waals surface area contributed by atoms with Gasteiger partial charge in [0.05, 0.1) is 13.7 Å². The second-order valence-corrected chi connectivity index (χ2v) is 8.59. The van der Waals surface area contributed by atoms with Crippen molar-refractivity contribution >= 4 is 5.97 Å². The predicted molar refractivity (Wildman–Crippen MR) is 127 cm³/mol. The average molecular weight is 430 g/mol. The van der Waals surface area contributed by atoms with E-state index in [4.69, 9.17) is 9.47 Å². The number of nitrogens with zero attached hydrogens (tertiary/aromatic N) is 1. The maximum atomic E-state index is 12.4. The molecule has 0 amide bonds. The normalized spacial score (nSPS) is 17.6. The van der Waals surface area contributed by atoms with E-state index in [-0.39, 0.29) is 5.97 Å². The molecule has 2 atom stereocenters. The number of methoxy groups -OCH3 is 1. The minimum Gasteiger partial charge on any atom is -0.497 e. The summed E-state index contributed by atoms with van der Waals surface area (Å²) in [6.45, 7) is 1.45. The van der Waals surface area contributed by atoms with Gasteiger partial charge in [-0.15, -0.1) is 0 Å². The molecule has 0 spiro atoms. The number of likely N-dealkylation sites (N-methyl/N-ethyl adjacent to an activating group) is 1. The standard InChI is InChI=1S/C28H31NO3/c1-29(19-27(30)32-20-21-9-5-3-6-10-21)18-24-14-13-23-17-25(31-2)15-16-26(23)28(24)22-11-7-4-8-12-22/h3-12,15-17,24,28H,13-14,18-20H2,1-2H3. The highest BCUT2D eigenvalue weighted by Crippen LogP contribution is 2.42. The van der Waals surface area contributed by atoms with E-state index in [0.29, 0.717) is 25.0 Å². The number of carbonyl (C=O) groups excluding carboxylic acids is 1. The Morgan fingerprint density at radius 3 is 2.44 bits per heavy atom. The molecular formula is C28H31NO3. The molecule has 0 N–H and O–H groups in total. The smallest absolute Gasteiger partial charge is 0.320 e. The fourth-order valence-electron chi connectivity index (χ4n) is 4.77. The van der Waals surface area contributed by atoms with E-state index in [1.165, 1.54) is 16.7 Å². The summed E-state index contributed by atoms with van der Waals surface area (Å²) in [5.74, 6) is 1.44. The van der Waals surface area contributed by atoms with Crippen LogP contribution in [0.2, 0.25) is 0 Å². The van der Waals surface area contributed by atoms with Crippen molar-refractivity contribution in [2.75, 3.05) is 27.2 Å². The summed E-state index contributed by atoms with van der Waals surface area (Å²) in [4.78, 5) is 14.5. The molecule has 0 bridgehead atoms. The fraction of sp³-hybridized carbons (Fsp3) is 0.321. The van der Waals surface area contributed by atoms with E-state index < -0.39 is 0 Å². The van der Waals surface area contributed by atoms with E-state index in [2.05, 4.69) is 53.4 Å². The summed E-state index contributed by atoms with van der Waals surface area (Å²) in [7, 11) is 3.73. The molecule has 4 heteroatoms. The van der Waals surface area contributed by atoms with Crippen LogP contribution >= 0.6 is 0 Å². The molecule has 4 nitrogen and oxygen atoms in total. The van der Waals surface area contributed by atoms with Gasteiger partial charge in [-0.3, -0.25) is 9.69 Å². The molecule has 0 radical (unpaired) electrons. The van der Waals surface area contributed by atoms with Gasteiger partial charge in [-0.1, -0.05) is 66.7 Å². The number of benzene rings is 3. The van der Waals surface area contributed by atoms with Crippen molar-refractivity contribution in [2.24, 2.45) is 5.92 Å². The third kappa shape index (κ3) is 5.38. The first kappa shape index (κ1) is 22.1. The third-order valence-electron chi connectivity index (χ3n) is 6.29. The maximum Gasteiger partial charge on any atom is 0.320 e. The molecule has 0 saturated heterocycles. The molecule has 4 rings (SSSR count). The van der Waals surface area contributed by atoms with Crippen LogP contribution in [0.4, 0.5) is 0 Å². The predicted octanol–water partition coefficient (Wildman–Crippen LogP) is 5.06. The zero-order valence-electron chi connectivity index (χ0n) is 18.9. The monoisotopic (exact) mass is 429 g/mol. The Kier molecular flexibility index (Phi) is 7.23. The number of hydrogen-bond donors (Lipinski definition) is 0. The van der Waals surface area contributed by atoms with Gasteiger partial charge >= 0.3 is 5.97 Å². The molecule has 0 fully saturated rings. The highest BCUT2D eigenvalue weighted by molar-refractivity contribution is 5.71. The van der Waals surface area contributed by atoms with Crippen molar-refractivity contribution in [1.29, 1.82) is 0 Å². The molecule has 32 heavy (non-hydrogen) atoms. The Balaban J connectivity index is 1.44. The number of carbonyl (C=O) groups is 1. The van der Waals surface area contributed by atoms with Crippen molar-refractivity contribution in [3.63, 3.8) is 0 Å². The van der Waals surface area contributed by atoms with Crippen LogP contribution < -0.4 is 4.74 Å². The minimum atomic E-state index is -0.187. The number of esters is 1. The average Bonchev–Trinajstić information content (AvgIpc) is 2.83. The topological polar surface area (TPSA) is 38.8 Å². The van der Waals surface area contributed by atoms with Crippen LogP contribution in [0.1, 0.15) is 34.6 Å². The van der Waals surface area contributed by atoms with Crippen molar-refractivity contribution in [1.82, 2.24) is 4.90 Å². The zero-order valence-corrected chi connectivity index (χ0v) is 18.9. The summed E-state index contributed by atoms with van der Waals surface area (Å²) in [5.41, 5.74) is 5.06. The third-order valence-corrected chi connectivity index (χ3v) is 6.29. The quantitative estimate of drug-likeness (QED) is 0.469. The Bertz CT molecular complexity index is 1020.